The molecule has 1 aliphatic rings. The highest BCUT2D eigenvalue weighted by atomic mass is 16.3. The van der Waals surface area contributed by atoms with E-state index in [0.29, 0.717) is 0 Å². The Labute approximate surface area is 105 Å². The van der Waals surface area contributed by atoms with Crippen molar-refractivity contribution in [1.29, 1.82) is 0 Å². The van der Waals surface area contributed by atoms with Gasteiger partial charge in [0.1, 0.15) is 0 Å². The maximum atomic E-state index is 12.5. The number of anilines is 1. The number of fused-ring (bicyclic) bond motifs is 2. The summed E-state index contributed by atoms with van der Waals surface area (Å²) in [5.41, 5.74) is 2.41. The molecule has 3 aromatic carbocycles. The average molecular weight is 234 g/mol. The molecular formula is C16H12NO-. The summed E-state index contributed by atoms with van der Waals surface area (Å²) < 4.78 is 0. The van der Waals surface area contributed by atoms with Gasteiger partial charge in [-0.1, -0.05) is 48.2 Å². The number of benzene rings is 3. The molecular weight excluding hydrogens is 222 g/mol. The van der Waals surface area contributed by atoms with Gasteiger partial charge in [0.2, 0.25) is 0 Å². The molecule has 18 heavy (non-hydrogen) atoms. The van der Waals surface area contributed by atoms with E-state index in [0.717, 1.165) is 40.2 Å². The van der Waals surface area contributed by atoms with Crippen molar-refractivity contribution in [2.75, 3.05) is 11.9 Å². The second-order valence-electron chi connectivity index (χ2n) is 4.77. The van der Waals surface area contributed by atoms with E-state index in [-0.39, 0.29) is 5.75 Å². The maximum absolute atomic E-state index is 12.5. The lowest BCUT2D eigenvalue weighted by Crippen LogP contribution is -2.12. The van der Waals surface area contributed by atoms with Crippen LogP contribution in [0.25, 0.3) is 21.5 Å². The molecule has 3 aromatic rings. The minimum absolute atomic E-state index is 0.148. The zero-order chi connectivity index (χ0) is 12.1. The first-order chi connectivity index (χ1) is 8.86. The van der Waals surface area contributed by atoms with Crippen molar-refractivity contribution in [2.24, 2.45) is 0 Å². The summed E-state index contributed by atoms with van der Waals surface area (Å²) in [6, 6.07) is 13.9. The Morgan fingerprint density at radius 3 is 2.56 bits per heavy atom. The molecule has 1 N–H and O–H groups in total. The summed E-state index contributed by atoms with van der Waals surface area (Å²) >= 11 is 0. The van der Waals surface area contributed by atoms with Crippen LogP contribution in [0.4, 0.5) is 5.69 Å². The van der Waals surface area contributed by atoms with Crippen molar-refractivity contribution in [3.63, 3.8) is 0 Å². The third-order valence-electron chi connectivity index (χ3n) is 3.78. The van der Waals surface area contributed by atoms with Gasteiger partial charge in [-0.05, 0) is 22.8 Å². The van der Waals surface area contributed by atoms with Gasteiger partial charge < -0.3 is 10.4 Å². The summed E-state index contributed by atoms with van der Waals surface area (Å²) in [4.78, 5) is 0. The smallest absolute Gasteiger partial charge is 0.0502 e. The van der Waals surface area contributed by atoms with Gasteiger partial charge in [0.05, 0.1) is 5.69 Å². The van der Waals surface area contributed by atoms with Crippen LogP contribution in [0.2, 0.25) is 0 Å². The molecule has 0 atom stereocenters. The number of rotatable bonds is 0. The molecule has 0 aliphatic carbocycles. The molecule has 0 saturated carbocycles. The molecule has 0 aromatic heterocycles. The van der Waals surface area contributed by atoms with E-state index >= 15 is 0 Å². The highest BCUT2D eigenvalue weighted by Gasteiger charge is 2.15. The molecule has 2 nitrogen and oxygen atoms in total. The largest absolute Gasteiger partial charge is 0.872 e. The average Bonchev–Trinajstić information content (AvgIpc) is 2.44. The molecule has 2 heteroatoms. The van der Waals surface area contributed by atoms with Crippen LogP contribution >= 0.6 is 0 Å². The van der Waals surface area contributed by atoms with Crippen LogP contribution in [0, 0.1) is 0 Å². The first-order valence-corrected chi connectivity index (χ1v) is 6.23. The van der Waals surface area contributed by atoms with Crippen LogP contribution in [0.1, 0.15) is 5.56 Å². The molecule has 0 saturated heterocycles. The van der Waals surface area contributed by atoms with Crippen LogP contribution in [0.15, 0.2) is 42.5 Å². The molecule has 0 bridgehead atoms. The molecule has 1 aliphatic heterocycles. The van der Waals surface area contributed by atoms with Crippen molar-refractivity contribution >= 4 is 27.2 Å². The van der Waals surface area contributed by atoms with Crippen molar-refractivity contribution in [1.82, 2.24) is 0 Å². The fourth-order valence-corrected chi connectivity index (χ4v) is 2.98. The molecule has 0 radical (unpaired) electrons. The summed E-state index contributed by atoms with van der Waals surface area (Å²) in [6.45, 7) is 0.939. The predicted octanol–water partition coefficient (Wildman–Crippen LogP) is 3.03. The summed E-state index contributed by atoms with van der Waals surface area (Å²) in [5.74, 6) is 0.148. The topological polar surface area (TPSA) is 35.1 Å². The van der Waals surface area contributed by atoms with E-state index in [9.17, 15) is 5.11 Å². The zero-order valence-electron chi connectivity index (χ0n) is 9.86. The van der Waals surface area contributed by atoms with Crippen molar-refractivity contribution in [2.45, 2.75) is 6.42 Å². The number of hydrogen-bond acceptors (Lipinski definition) is 2. The quantitative estimate of drug-likeness (QED) is 0.607. The van der Waals surface area contributed by atoms with Gasteiger partial charge in [-0.15, -0.1) is 0 Å². The van der Waals surface area contributed by atoms with Gasteiger partial charge in [-0.2, -0.15) is 0 Å². The lowest BCUT2D eigenvalue weighted by Gasteiger charge is -2.25. The Morgan fingerprint density at radius 1 is 0.889 bits per heavy atom. The van der Waals surface area contributed by atoms with E-state index in [2.05, 4.69) is 11.4 Å². The highest BCUT2D eigenvalue weighted by molar-refractivity contribution is 6.16. The van der Waals surface area contributed by atoms with Gasteiger partial charge >= 0.3 is 0 Å². The third kappa shape index (κ3) is 1.12. The fourth-order valence-electron chi connectivity index (χ4n) is 2.98. The van der Waals surface area contributed by atoms with Crippen LogP contribution in [-0.2, 0) is 6.42 Å². The molecule has 4 rings (SSSR count). The number of hydrogen-bond donors (Lipinski definition) is 1. The van der Waals surface area contributed by atoms with E-state index in [1.54, 1.807) is 0 Å². The Morgan fingerprint density at radius 2 is 1.67 bits per heavy atom. The van der Waals surface area contributed by atoms with Gasteiger partial charge in [0.15, 0.2) is 0 Å². The summed E-state index contributed by atoms with van der Waals surface area (Å²) in [7, 11) is 0. The molecule has 0 fully saturated rings. The van der Waals surface area contributed by atoms with Gasteiger partial charge in [-0.3, -0.25) is 0 Å². The second kappa shape index (κ2) is 3.39. The maximum Gasteiger partial charge on any atom is 0.0502 e. The molecule has 88 valence electrons. The lowest BCUT2D eigenvalue weighted by atomic mass is 9.92. The Hall–Kier alpha value is -2.22. The van der Waals surface area contributed by atoms with Gasteiger partial charge in [0, 0.05) is 17.3 Å². The van der Waals surface area contributed by atoms with E-state index < -0.39 is 0 Å². The molecule has 0 spiro atoms. The predicted molar refractivity (Wildman–Crippen MR) is 73.1 cm³/mol. The standard InChI is InChI=1S/C16H13NO/c18-16-12-6-2-1-5-11(12)15-14-10(8-9-17-15)4-3-7-13(14)16/h1-7,17-18H,8-9H2/p-1. The molecule has 0 unspecified atom stereocenters. The minimum Gasteiger partial charge on any atom is -0.872 e. The van der Waals surface area contributed by atoms with Crippen molar-refractivity contribution < 1.29 is 5.11 Å². The molecule has 0 amide bonds. The monoisotopic (exact) mass is 234 g/mol. The zero-order valence-corrected chi connectivity index (χ0v) is 9.86. The highest BCUT2D eigenvalue weighted by Crippen LogP contribution is 2.42. The van der Waals surface area contributed by atoms with Gasteiger partial charge in [0.25, 0.3) is 0 Å². The summed E-state index contributed by atoms with van der Waals surface area (Å²) in [6.07, 6.45) is 0.988. The first kappa shape index (κ1) is 9.77. The Balaban J connectivity index is 2.35. The van der Waals surface area contributed by atoms with Crippen molar-refractivity contribution in [3.05, 3.63) is 48.0 Å². The van der Waals surface area contributed by atoms with Crippen LogP contribution < -0.4 is 10.4 Å². The normalized spacial score (nSPS) is 13.8. The van der Waals surface area contributed by atoms with Crippen LogP contribution in [0.3, 0.4) is 0 Å². The minimum atomic E-state index is 0.148. The van der Waals surface area contributed by atoms with E-state index in [4.69, 9.17) is 0 Å². The third-order valence-corrected chi connectivity index (χ3v) is 3.78. The molecule has 1 heterocycles. The summed E-state index contributed by atoms with van der Waals surface area (Å²) in [5, 5.41) is 19.8. The number of nitrogens with one attached hydrogen (secondary N) is 1. The Kier molecular flexibility index (Phi) is 1.84. The van der Waals surface area contributed by atoms with E-state index in [1.165, 1.54) is 5.56 Å². The van der Waals surface area contributed by atoms with Crippen LogP contribution in [0.5, 0.6) is 5.75 Å². The first-order valence-electron chi connectivity index (χ1n) is 6.23. The second-order valence-corrected chi connectivity index (χ2v) is 4.77. The lowest BCUT2D eigenvalue weighted by molar-refractivity contribution is -0.263. The fraction of sp³-hybridized carbons (Fsp3) is 0.125. The van der Waals surface area contributed by atoms with Crippen molar-refractivity contribution in [3.8, 4) is 5.75 Å². The SMILES string of the molecule is [O-]c1c2ccccc2c2c3c(cccc13)CCN2. The van der Waals surface area contributed by atoms with Crippen LogP contribution in [-0.4, -0.2) is 6.54 Å². The van der Waals surface area contributed by atoms with Gasteiger partial charge in [-0.25, -0.2) is 0 Å². The Bertz CT molecular complexity index is 777. The van der Waals surface area contributed by atoms with E-state index in [1.807, 2.05) is 36.4 Å².